The number of benzene rings is 1. The summed E-state index contributed by atoms with van der Waals surface area (Å²) in [6, 6.07) is 9.82. The van der Waals surface area contributed by atoms with Crippen molar-refractivity contribution < 1.29 is 4.74 Å². The maximum absolute atomic E-state index is 5.63. The van der Waals surface area contributed by atoms with Crippen LogP contribution in [-0.2, 0) is 6.42 Å². The lowest BCUT2D eigenvalue weighted by atomic mass is 10.3. The molecule has 0 aliphatic rings. The van der Waals surface area contributed by atoms with Crippen LogP contribution < -0.4 is 4.74 Å². The van der Waals surface area contributed by atoms with Crippen molar-refractivity contribution in [1.29, 1.82) is 0 Å². The molecule has 2 aromatic rings. The van der Waals surface area contributed by atoms with Crippen molar-refractivity contribution in [3.05, 3.63) is 40.3 Å². The van der Waals surface area contributed by atoms with Crippen LogP contribution in [0.5, 0.6) is 5.75 Å². The molecule has 0 spiro atoms. The van der Waals surface area contributed by atoms with Gasteiger partial charge in [-0.1, -0.05) is 41.1 Å². The molecule has 96 valence electrons. The van der Waals surface area contributed by atoms with Gasteiger partial charge in [0.15, 0.2) is 0 Å². The highest BCUT2D eigenvalue weighted by molar-refractivity contribution is 9.09. The topological polar surface area (TPSA) is 35.0 Å². The number of hydrogen-bond donors (Lipinski definition) is 0. The van der Waals surface area contributed by atoms with E-state index >= 15 is 0 Å². The van der Waals surface area contributed by atoms with Crippen LogP contribution in [0, 0.1) is 0 Å². The Morgan fingerprint density at radius 2 is 2.06 bits per heavy atom. The van der Waals surface area contributed by atoms with Crippen molar-refractivity contribution in [3.8, 4) is 5.75 Å². The molecule has 1 aromatic carbocycles. The van der Waals surface area contributed by atoms with Gasteiger partial charge in [0.1, 0.15) is 15.8 Å². The lowest BCUT2D eigenvalue weighted by Gasteiger charge is -2.03. The maximum atomic E-state index is 5.63. The number of rotatable bonds is 6. The number of hydrogen-bond acceptors (Lipinski definition) is 4. The van der Waals surface area contributed by atoms with E-state index in [2.05, 4.69) is 33.1 Å². The monoisotopic (exact) mass is 326 g/mol. The van der Waals surface area contributed by atoms with Crippen molar-refractivity contribution in [2.45, 2.75) is 24.6 Å². The molecule has 0 saturated heterocycles. The first-order valence-electron chi connectivity index (χ1n) is 5.93. The average Bonchev–Trinajstić information content (AvgIpc) is 2.88. The summed E-state index contributed by atoms with van der Waals surface area (Å²) in [6.07, 6.45) is 1.82. The van der Waals surface area contributed by atoms with Gasteiger partial charge in [0.2, 0.25) is 0 Å². The van der Waals surface area contributed by atoms with Crippen LogP contribution in [0.15, 0.2) is 30.3 Å². The Kier molecular flexibility index (Phi) is 5.13. The third-order valence-corrected chi connectivity index (χ3v) is 4.92. The lowest BCUT2D eigenvalue weighted by Crippen LogP contribution is -2.00. The van der Waals surface area contributed by atoms with Gasteiger partial charge in [-0.05, 0) is 18.6 Å². The summed E-state index contributed by atoms with van der Waals surface area (Å²) in [6.45, 7) is 2.76. The largest absolute Gasteiger partial charge is 0.493 e. The van der Waals surface area contributed by atoms with Crippen LogP contribution >= 0.6 is 27.3 Å². The van der Waals surface area contributed by atoms with E-state index in [1.807, 2.05) is 30.3 Å². The highest BCUT2D eigenvalue weighted by atomic mass is 79.9. The summed E-state index contributed by atoms with van der Waals surface area (Å²) in [4.78, 5) is 0.318. The molecule has 0 aliphatic carbocycles. The van der Waals surface area contributed by atoms with Crippen molar-refractivity contribution >= 4 is 27.3 Å². The van der Waals surface area contributed by atoms with E-state index in [1.165, 1.54) is 0 Å². The molecule has 18 heavy (non-hydrogen) atoms. The highest BCUT2D eigenvalue weighted by Crippen LogP contribution is 2.28. The summed E-state index contributed by atoms with van der Waals surface area (Å²) in [7, 11) is 0. The molecular formula is C13H15BrN2OS. The van der Waals surface area contributed by atoms with Gasteiger partial charge in [-0.25, -0.2) is 0 Å². The van der Waals surface area contributed by atoms with E-state index < -0.39 is 0 Å². The Hall–Kier alpha value is -0.940. The maximum Gasteiger partial charge on any atom is 0.131 e. The second-order valence-electron chi connectivity index (χ2n) is 3.82. The van der Waals surface area contributed by atoms with Gasteiger partial charge >= 0.3 is 0 Å². The summed E-state index contributed by atoms with van der Waals surface area (Å²) in [5.74, 6) is 0.897. The van der Waals surface area contributed by atoms with Crippen LogP contribution in [0.25, 0.3) is 0 Å². The standard InChI is InChI=1S/C13H15BrN2OS/c1-2-11(14)13-16-15-12(18-13)8-9-17-10-6-4-3-5-7-10/h3-7,11H,2,8-9H2,1H3. The fraction of sp³-hybridized carbons (Fsp3) is 0.385. The summed E-state index contributed by atoms with van der Waals surface area (Å²) >= 11 is 5.23. The zero-order valence-electron chi connectivity index (χ0n) is 10.2. The Labute approximate surface area is 119 Å². The molecule has 0 amide bonds. The minimum atomic E-state index is 0.318. The predicted octanol–water partition coefficient (Wildman–Crippen LogP) is 4.01. The first kappa shape index (κ1) is 13.5. The van der Waals surface area contributed by atoms with Crippen molar-refractivity contribution in [2.24, 2.45) is 0 Å². The molecule has 3 nitrogen and oxygen atoms in total. The molecule has 0 bridgehead atoms. The quantitative estimate of drug-likeness (QED) is 0.752. The van der Waals surface area contributed by atoms with Gasteiger partial charge < -0.3 is 4.74 Å². The fourth-order valence-electron chi connectivity index (χ4n) is 1.44. The van der Waals surface area contributed by atoms with E-state index in [9.17, 15) is 0 Å². The molecule has 1 atom stereocenters. The third-order valence-electron chi connectivity index (χ3n) is 2.44. The fourth-order valence-corrected chi connectivity index (χ4v) is 2.70. The van der Waals surface area contributed by atoms with Crippen molar-refractivity contribution in [1.82, 2.24) is 10.2 Å². The van der Waals surface area contributed by atoms with Gasteiger partial charge in [-0.2, -0.15) is 0 Å². The minimum absolute atomic E-state index is 0.318. The van der Waals surface area contributed by atoms with E-state index in [1.54, 1.807) is 11.3 Å². The highest BCUT2D eigenvalue weighted by Gasteiger charge is 2.11. The number of ether oxygens (including phenoxy) is 1. The summed E-state index contributed by atoms with van der Waals surface area (Å²) in [5.41, 5.74) is 0. The number of para-hydroxylation sites is 1. The normalized spacial score (nSPS) is 12.3. The SMILES string of the molecule is CCC(Br)c1nnc(CCOc2ccccc2)s1. The van der Waals surface area contributed by atoms with E-state index in [4.69, 9.17) is 4.74 Å². The van der Waals surface area contributed by atoms with Gasteiger partial charge in [0, 0.05) is 6.42 Å². The molecule has 0 radical (unpaired) electrons. The Morgan fingerprint density at radius 1 is 1.28 bits per heavy atom. The van der Waals surface area contributed by atoms with E-state index in [0.29, 0.717) is 11.4 Å². The van der Waals surface area contributed by atoms with Gasteiger partial charge in [0.25, 0.3) is 0 Å². The molecule has 0 N–H and O–H groups in total. The number of halogens is 1. The van der Waals surface area contributed by atoms with E-state index in [0.717, 1.165) is 28.6 Å². The molecule has 1 aromatic heterocycles. The average molecular weight is 327 g/mol. The predicted molar refractivity (Wildman–Crippen MR) is 77.5 cm³/mol. The van der Waals surface area contributed by atoms with Gasteiger partial charge in [-0.15, -0.1) is 21.5 Å². The molecule has 0 saturated carbocycles. The minimum Gasteiger partial charge on any atom is -0.493 e. The molecule has 2 rings (SSSR count). The second-order valence-corrected chi connectivity index (χ2v) is 6.02. The zero-order valence-corrected chi connectivity index (χ0v) is 12.6. The molecule has 5 heteroatoms. The van der Waals surface area contributed by atoms with Crippen molar-refractivity contribution in [2.75, 3.05) is 6.61 Å². The van der Waals surface area contributed by atoms with Crippen LogP contribution in [0.3, 0.4) is 0 Å². The smallest absolute Gasteiger partial charge is 0.131 e. The number of nitrogens with zero attached hydrogens (tertiary/aromatic N) is 2. The zero-order chi connectivity index (χ0) is 12.8. The number of alkyl halides is 1. The molecule has 0 fully saturated rings. The van der Waals surface area contributed by atoms with Crippen LogP contribution in [0.1, 0.15) is 28.2 Å². The number of aromatic nitrogens is 2. The van der Waals surface area contributed by atoms with Gasteiger partial charge in [0.05, 0.1) is 11.4 Å². The molecule has 0 aliphatic heterocycles. The Balaban J connectivity index is 1.82. The molecule has 1 heterocycles. The van der Waals surface area contributed by atoms with Crippen molar-refractivity contribution in [3.63, 3.8) is 0 Å². The molecule has 1 unspecified atom stereocenters. The van der Waals surface area contributed by atoms with Crippen LogP contribution in [-0.4, -0.2) is 16.8 Å². The first-order valence-corrected chi connectivity index (χ1v) is 7.67. The van der Waals surface area contributed by atoms with Crippen LogP contribution in [0.4, 0.5) is 0 Å². The third kappa shape index (κ3) is 3.78. The Bertz CT molecular complexity index is 475. The molecular weight excluding hydrogens is 312 g/mol. The Morgan fingerprint density at radius 3 is 2.78 bits per heavy atom. The first-order chi connectivity index (χ1) is 8.79. The van der Waals surface area contributed by atoms with Gasteiger partial charge in [-0.3, -0.25) is 0 Å². The lowest BCUT2D eigenvalue weighted by molar-refractivity contribution is 0.321. The van der Waals surface area contributed by atoms with Crippen LogP contribution in [0.2, 0.25) is 0 Å². The van der Waals surface area contributed by atoms with E-state index in [-0.39, 0.29) is 0 Å². The second kappa shape index (κ2) is 6.85. The summed E-state index contributed by atoms with van der Waals surface area (Å²) < 4.78 is 5.63. The summed E-state index contributed by atoms with van der Waals surface area (Å²) in [5, 5.41) is 10.4.